The zero-order chi connectivity index (χ0) is 25.5. The molecule has 184 valence electrons. The van der Waals surface area contributed by atoms with Crippen molar-refractivity contribution in [1.82, 2.24) is 16.0 Å². The van der Waals surface area contributed by atoms with Gasteiger partial charge in [0.1, 0.15) is 0 Å². The van der Waals surface area contributed by atoms with E-state index >= 15 is 0 Å². The smallest absolute Gasteiger partial charge is 0.363 e. The second-order valence-electron chi connectivity index (χ2n) is 6.96. The van der Waals surface area contributed by atoms with Crippen LogP contribution in [0, 0.1) is 5.82 Å². The molecule has 3 N–H and O–H groups in total. The minimum absolute atomic E-state index is 0.294. The average Bonchev–Trinajstić information content (AvgIpc) is 2.74. The average molecular weight is 601 g/mol. The van der Waals surface area contributed by atoms with Gasteiger partial charge in [-0.25, -0.2) is 4.39 Å². The lowest BCUT2D eigenvalue weighted by Gasteiger charge is -2.18. The zero-order valence-electron chi connectivity index (χ0n) is 17.7. The van der Waals surface area contributed by atoms with E-state index < -0.39 is 28.0 Å². The highest BCUT2D eigenvalue weighted by atomic mass is 79.9. The van der Waals surface area contributed by atoms with Gasteiger partial charge in [0.2, 0.25) is 0 Å². The minimum Gasteiger partial charge on any atom is -0.363 e. The van der Waals surface area contributed by atoms with Crippen molar-refractivity contribution in [2.75, 3.05) is 19.6 Å². The molecule has 2 rings (SSSR count). The Labute approximate surface area is 218 Å². The molecule has 0 aromatic heterocycles. The van der Waals surface area contributed by atoms with Gasteiger partial charge in [-0.3, -0.25) is 4.79 Å². The van der Waals surface area contributed by atoms with Crippen molar-refractivity contribution in [2.24, 2.45) is 0 Å². The van der Waals surface area contributed by atoms with Crippen LogP contribution in [0.25, 0.3) is 6.08 Å². The Kier molecular flexibility index (Phi) is 10.6. The quantitative estimate of drug-likeness (QED) is 0.141. The topological polar surface area (TPSA) is 53.2 Å². The lowest BCUT2D eigenvalue weighted by Crippen LogP contribution is -2.40. The molecule has 0 saturated carbocycles. The van der Waals surface area contributed by atoms with Gasteiger partial charge >= 0.3 is 6.18 Å². The lowest BCUT2D eigenvalue weighted by atomic mass is 9.97. The molecule has 0 aliphatic heterocycles. The molecule has 4 nitrogen and oxygen atoms in total. The maximum Gasteiger partial charge on any atom is 0.399 e. The van der Waals surface area contributed by atoms with Crippen molar-refractivity contribution in [3.8, 4) is 0 Å². The standard InChI is InChI=1S/C22H20BrCl2F4N3OS/c1-2-30-21(34)32-8-7-31-20(33)14-5-3-12(9-16(14)23)4-6-15(22(27,28)29)13-10-17(24)19(26)18(25)11-13/h3-6,9-11,15H,2,7-8H2,1H3,(H,31,33)(H2,30,32,34). The molecule has 2 aromatic carbocycles. The van der Waals surface area contributed by atoms with Crippen LogP contribution in [0.1, 0.15) is 34.3 Å². The fraction of sp³-hybridized carbons (Fsp3) is 0.273. The van der Waals surface area contributed by atoms with Gasteiger partial charge in [0.05, 0.1) is 21.5 Å². The summed E-state index contributed by atoms with van der Waals surface area (Å²) in [6.45, 7) is 3.32. The highest BCUT2D eigenvalue weighted by Crippen LogP contribution is 2.39. The van der Waals surface area contributed by atoms with E-state index in [2.05, 4.69) is 31.9 Å². The Morgan fingerprint density at radius 1 is 1.12 bits per heavy atom. The Morgan fingerprint density at radius 2 is 1.74 bits per heavy atom. The van der Waals surface area contributed by atoms with Crippen LogP contribution >= 0.6 is 51.3 Å². The minimum atomic E-state index is -4.67. The van der Waals surface area contributed by atoms with E-state index in [1.165, 1.54) is 24.3 Å². The van der Waals surface area contributed by atoms with Gasteiger partial charge < -0.3 is 16.0 Å². The maximum atomic E-state index is 13.7. The number of thiocarbonyl (C=S) groups is 1. The first-order chi connectivity index (χ1) is 15.9. The van der Waals surface area contributed by atoms with Gasteiger partial charge in [-0.1, -0.05) is 41.4 Å². The molecule has 0 saturated heterocycles. The summed E-state index contributed by atoms with van der Waals surface area (Å²) in [5.74, 6) is -3.40. The normalized spacial score (nSPS) is 12.5. The molecular weight excluding hydrogens is 581 g/mol. The molecule has 0 aliphatic carbocycles. The number of halogens is 7. The van der Waals surface area contributed by atoms with Crippen molar-refractivity contribution >= 4 is 68.4 Å². The number of rotatable bonds is 8. The first-order valence-electron chi connectivity index (χ1n) is 9.92. The molecule has 1 unspecified atom stereocenters. The summed E-state index contributed by atoms with van der Waals surface area (Å²) in [6, 6.07) is 6.31. The summed E-state index contributed by atoms with van der Waals surface area (Å²) in [5.41, 5.74) is 0.433. The SMILES string of the molecule is CCNC(=S)NCCNC(=O)c1ccc(C=CC(c2cc(Cl)c(F)c(Cl)c2)C(F)(F)F)cc1Br. The van der Waals surface area contributed by atoms with Gasteiger partial charge in [0, 0.05) is 24.1 Å². The molecule has 0 heterocycles. The summed E-state index contributed by atoms with van der Waals surface area (Å²) in [6.07, 6.45) is -2.50. The van der Waals surface area contributed by atoms with Gasteiger partial charge in [-0.05, 0) is 70.5 Å². The predicted octanol–water partition coefficient (Wildman–Crippen LogP) is 6.47. The van der Waals surface area contributed by atoms with Crippen LogP contribution < -0.4 is 16.0 Å². The van der Waals surface area contributed by atoms with Gasteiger partial charge in [0.25, 0.3) is 5.91 Å². The monoisotopic (exact) mass is 599 g/mol. The van der Waals surface area contributed by atoms with Crippen LogP contribution in [-0.2, 0) is 0 Å². The molecule has 1 amide bonds. The predicted molar refractivity (Wildman–Crippen MR) is 135 cm³/mol. The van der Waals surface area contributed by atoms with E-state index in [9.17, 15) is 22.4 Å². The second-order valence-corrected chi connectivity index (χ2v) is 9.04. The van der Waals surface area contributed by atoms with E-state index in [0.717, 1.165) is 18.2 Å². The Hall–Kier alpha value is -1.88. The third kappa shape index (κ3) is 8.11. The molecule has 12 heteroatoms. The van der Waals surface area contributed by atoms with E-state index in [-0.39, 0.29) is 11.5 Å². The fourth-order valence-electron chi connectivity index (χ4n) is 2.86. The zero-order valence-corrected chi connectivity index (χ0v) is 21.6. The van der Waals surface area contributed by atoms with Crippen LogP contribution in [-0.4, -0.2) is 36.8 Å². The molecule has 0 spiro atoms. The first-order valence-corrected chi connectivity index (χ1v) is 11.9. The molecule has 0 radical (unpaired) electrons. The Morgan fingerprint density at radius 3 is 2.29 bits per heavy atom. The lowest BCUT2D eigenvalue weighted by molar-refractivity contribution is -0.139. The van der Waals surface area contributed by atoms with Crippen LogP contribution in [0.15, 0.2) is 40.9 Å². The molecule has 0 bridgehead atoms. The number of hydrogen-bond donors (Lipinski definition) is 3. The molecule has 0 aliphatic rings. The van der Waals surface area contributed by atoms with Crippen molar-refractivity contribution < 1.29 is 22.4 Å². The van der Waals surface area contributed by atoms with Gasteiger partial charge in [0.15, 0.2) is 10.9 Å². The number of amides is 1. The van der Waals surface area contributed by atoms with Crippen LogP contribution in [0.4, 0.5) is 17.6 Å². The van der Waals surface area contributed by atoms with E-state index in [4.69, 9.17) is 35.4 Å². The Balaban J connectivity index is 2.12. The highest BCUT2D eigenvalue weighted by molar-refractivity contribution is 9.10. The van der Waals surface area contributed by atoms with Crippen molar-refractivity contribution in [2.45, 2.75) is 19.0 Å². The molecule has 34 heavy (non-hydrogen) atoms. The van der Waals surface area contributed by atoms with Gasteiger partial charge in [-0.2, -0.15) is 13.2 Å². The van der Waals surface area contributed by atoms with Crippen LogP contribution in [0.3, 0.4) is 0 Å². The third-order valence-corrected chi connectivity index (χ3v) is 5.97. The van der Waals surface area contributed by atoms with Crippen molar-refractivity contribution in [1.29, 1.82) is 0 Å². The first kappa shape index (κ1) is 28.4. The van der Waals surface area contributed by atoms with Crippen molar-refractivity contribution in [3.05, 3.63) is 73.4 Å². The number of nitrogens with one attached hydrogen (secondary N) is 3. The number of allylic oxidation sites excluding steroid dienone is 1. The number of carbonyl (C=O) groups excluding carboxylic acids is 1. The maximum absolute atomic E-state index is 13.7. The Bertz CT molecular complexity index is 1060. The highest BCUT2D eigenvalue weighted by Gasteiger charge is 2.39. The third-order valence-electron chi connectivity index (χ3n) is 4.47. The molecule has 2 aromatic rings. The molecular formula is C22H20BrCl2F4N3OS. The van der Waals surface area contributed by atoms with E-state index in [1.54, 1.807) is 0 Å². The fourth-order valence-corrected chi connectivity index (χ4v) is 4.19. The summed E-state index contributed by atoms with van der Waals surface area (Å²) in [7, 11) is 0. The van der Waals surface area contributed by atoms with Crippen LogP contribution in [0.2, 0.25) is 10.0 Å². The summed E-state index contributed by atoms with van der Waals surface area (Å²) in [5, 5.41) is 8.06. The summed E-state index contributed by atoms with van der Waals surface area (Å²) < 4.78 is 55.0. The summed E-state index contributed by atoms with van der Waals surface area (Å²) in [4.78, 5) is 12.4. The summed E-state index contributed by atoms with van der Waals surface area (Å²) >= 11 is 19.6. The number of hydrogen-bond acceptors (Lipinski definition) is 2. The molecule has 1 atom stereocenters. The number of carbonyl (C=O) groups is 1. The van der Waals surface area contributed by atoms with E-state index in [0.29, 0.717) is 40.3 Å². The number of benzene rings is 2. The van der Waals surface area contributed by atoms with Crippen LogP contribution in [0.5, 0.6) is 0 Å². The van der Waals surface area contributed by atoms with Gasteiger partial charge in [-0.15, -0.1) is 0 Å². The second kappa shape index (κ2) is 12.7. The van der Waals surface area contributed by atoms with E-state index in [1.807, 2.05) is 6.92 Å². The largest absolute Gasteiger partial charge is 0.399 e. The van der Waals surface area contributed by atoms with Crippen molar-refractivity contribution in [3.63, 3.8) is 0 Å². The number of alkyl halides is 3. The molecule has 0 fully saturated rings.